The van der Waals surface area contributed by atoms with E-state index < -0.39 is 5.97 Å². The summed E-state index contributed by atoms with van der Waals surface area (Å²) < 4.78 is 0. The van der Waals surface area contributed by atoms with E-state index in [9.17, 15) is 4.79 Å². The maximum Gasteiger partial charge on any atom is 0.303 e. The Labute approximate surface area is 43.9 Å². The van der Waals surface area contributed by atoms with E-state index in [4.69, 9.17) is 5.11 Å². The van der Waals surface area contributed by atoms with E-state index in [2.05, 4.69) is 0 Å². The van der Waals surface area contributed by atoms with E-state index in [0.717, 1.165) is 12.7 Å². The molecule has 0 saturated carbocycles. The molecule has 3 heteroatoms. The summed E-state index contributed by atoms with van der Waals surface area (Å²) in [6.45, 7) is 0. The first-order valence-corrected chi connectivity index (χ1v) is 2.49. The fourth-order valence-electron chi connectivity index (χ4n) is 0.328. The molecule has 0 fully saturated rings. The molecule has 0 aromatic rings. The molecule has 0 spiro atoms. The van der Waals surface area contributed by atoms with Gasteiger partial charge >= 0.3 is 5.97 Å². The summed E-state index contributed by atoms with van der Waals surface area (Å²) >= 11 is 0. The molecule has 0 saturated heterocycles. The lowest BCUT2D eigenvalue weighted by molar-refractivity contribution is -0.137. The minimum Gasteiger partial charge on any atom is -0.481 e. The van der Waals surface area contributed by atoms with E-state index in [1.54, 1.807) is 0 Å². The van der Waals surface area contributed by atoms with E-state index in [1.807, 2.05) is 7.85 Å². The first kappa shape index (κ1) is 6.53. The van der Waals surface area contributed by atoms with Gasteiger partial charge in [-0.1, -0.05) is 6.32 Å². The minimum atomic E-state index is -0.693. The van der Waals surface area contributed by atoms with Crippen molar-refractivity contribution in [3.63, 3.8) is 0 Å². The Balaban J connectivity index is 2.82. The Hall–Kier alpha value is -0.465. The largest absolute Gasteiger partial charge is 0.481 e. The summed E-state index contributed by atoms with van der Waals surface area (Å²) in [5.41, 5.74) is 0. The zero-order valence-electron chi connectivity index (χ0n) is 4.48. The van der Waals surface area contributed by atoms with Crippen molar-refractivity contribution < 1.29 is 9.90 Å². The smallest absolute Gasteiger partial charge is 0.303 e. The highest BCUT2D eigenvalue weighted by atomic mass is 16.4. The topological polar surface area (TPSA) is 37.3 Å². The number of rotatable bonds is 3. The molecule has 0 rings (SSSR count). The predicted molar refractivity (Wildman–Crippen MR) is 30.2 cm³/mol. The fraction of sp³-hybridized carbons (Fsp3) is 0.750. The molecule has 0 heterocycles. The van der Waals surface area contributed by atoms with Crippen LogP contribution in [0.5, 0.6) is 0 Å². The van der Waals surface area contributed by atoms with Crippen molar-refractivity contribution in [2.24, 2.45) is 0 Å². The third kappa shape index (κ3) is 5.53. The first-order valence-electron chi connectivity index (χ1n) is 2.49. The van der Waals surface area contributed by atoms with Gasteiger partial charge < -0.3 is 5.11 Å². The van der Waals surface area contributed by atoms with Crippen LogP contribution in [0.25, 0.3) is 0 Å². The molecule has 0 aromatic heterocycles. The molecular formula is C4H9BO2. The van der Waals surface area contributed by atoms with Crippen molar-refractivity contribution in [1.29, 1.82) is 0 Å². The average Bonchev–Trinajstić information content (AvgIpc) is 1.61. The highest BCUT2D eigenvalue weighted by Gasteiger charge is 1.90. The van der Waals surface area contributed by atoms with Crippen molar-refractivity contribution in [3.8, 4) is 0 Å². The third-order valence-electron chi connectivity index (χ3n) is 0.744. The molecule has 0 bridgehead atoms. The average molecular weight is 99.9 g/mol. The molecule has 2 nitrogen and oxygen atoms in total. The summed E-state index contributed by atoms with van der Waals surface area (Å²) in [6, 6.07) is 0. The van der Waals surface area contributed by atoms with Crippen LogP contribution in [0.1, 0.15) is 12.8 Å². The van der Waals surface area contributed by atoms with Crippen LogP contribution in [0, 0.1) is 0 Å². The molecule has 40 valence electrons. The molecule has 0 aliphatic heterocycles. The fourth-order valence-corrected chi connectivity index (χ4v) is 0.328. The molecule has 0 aliphatic carbocycles. The molecule has 1 N–H and O–H groups in total. The van der Waals surface area contributed by atoms with Crippen LogP contribution >= 0.6 is 0 Å². The van der Waals surface area contributed by atoms with E-state index in [0.29, 0.717) is 6.42 Å². The van der Waals surface area contributed by atoms with Crippen LogP contribution in [-0.2, 0) is 4.79 Å². The van der Waals surface area contributed by atoms with E-state index in [-0.39, 0.29) is 0 Å². The lowest BCUT2D eigenvalue weighted by atomic mass is 10.0. The molecule has 0 aromatic carbocycles. The van der Waals surface area contributed by atoms with Crippen LogP contribution in [-0.4, -0.2) is 18.9 Å². The summed E-state index contributed by atoms with van der Waals surface area (Å²) in [6.07, 6.45) is 2.08. The maximum absolute atomic E-state index is 9.76. The van der Waals surface area contributed by atoms with Gasteiger partial charge in [0, 0.05) is 6.42 Å². The second-order valence-corrected chi connectivity index (χ2v) is 1.50. The number of hydrogen-bond donors (Lipinski definition) is 1. The van der Waals surface area contributed by atoms with Gasteiger partial charge in [0.1, 0.15) is 7.85 Å². The molecule has 7 heavy (non-hydrogen) atoms. The van der Waals surface area contributed by atoms with Gasteiger partial charge in [0.2, 0.25) is 0 Å². The predicted octanol–water partition coefficient (Wildman–Crippen LogP) is -0.0974. The first-order chi connectivity index (χ1) is 3.27. The number of carboxylic acids is 1. The number of carboxylic acid groups (broad SMARTS) is 1. The van der Waals surface area contributed by atoms with Gasteiger partial charge in [-0.3, -0.25) is 4.79 Å². The number of aliphatic carboxylic acids is 1. The van der Waals surface area contributed by atoms with E-state index in [1.165, 1.54) is 0 Å². The van der Waals surface area contributed by atoms with Crippen molar-refractivity contribution >= 4 is 13.8 Å². The molecular weight excluding hydrogens is 90.9 g/mol. The number of carbonyl (C=O) groups is 1. The van der Waals surface area contributed by atoms with E-state index >= 15 is 0 Å². The van der Waals surface area contributed by atoms with Crippen molar-refractivity contribution in [3.05, 3.63) is 0 Å². The SMILES string of the molecule is BCCCC(=O)O. The minimum absolute atomic E-state index is 0.316. The number of hydrogen-bond acceptors (Lipinski definition) is 1. The Morgan fingerprint density at radius 2 is 2.29 bits per heavy atom. The van der Waals surface area contributed by atoms with Crippen LogP contribution in [0.4, 0.5) is 0 Å². The van der Waals surface area contributed by atoms with Crippen molar-refractivity contribution in [2.45, 2.75) is 19.2 Å². The Morgan fingerprint density at radius 1 is 1.71 bits per heavy atom. The van der Waals surface area contributed by atoms with Gasteiger partial charge in [0.15, 0.2) is 0 Å². The van der Waals surface area contributed by atoms with Crippen LogP contribution in [0.15, 0.2) is 0 Å². The summed E-state index contributed by atoms with van der Waals surface area (Å²) in [7, 11) is 1.98. The van der Waals surface area contributed by atoms with Crippen LogP contribution in [0.2, 0.25) is 6.32 Å². The maximum atomic E-state index is 9.76. The second-order valence-electron chi connectivity index (χ2n) is 1.50. The Kier molecular flexibility index (Phi) is 3.47. The summed E-state index contributed by atoms with van der Waals surface area (Å²) in [4.78, 5) is 9.76. The lowest BCUT2D eigenvalue weighted by Gasteiger charge is -1.85. The highest BCUT2D eigenvalue weighted by molar-refractivity contribution is 6.08. The van der Waals surface area contributed by atoms with Gasteiger partial charge in [-0.2, -0.15) is 0 Å². The lowest BCUT2D eigenvalue weighted by Crippen LogP contribution is -1.92. The van der Waals surface area contributed by atoms with Crippen molar-refractivity contribution in [1.82, 2.24) is 0 Å². The molecule has 0 amide bonds. The summed E-state index contributed by atoms with van der Waals surface area (Å²) in [5.74, 6) is -0.693. The molecule has 0 radical (unpaired) electrons. The Morgan fingerprint density at radius 3 is 2.43 bits per heavy atom. The van der Waals surface area contributed by atoms with Gasteiger partial charge in [0.25, 0.3) is 0 Å². The van der Waals surface area contributed by atoms with Gasteiger partial charge in [-0.05, 0) is 6.42 Å². The monoisotopic (exact) mass is 100 g/mol. The van der Waals surface area contributed by atoms with Crippen LogP contribution < -0.4 is 0 Å². The molecule has 0 atom stereocenters. The normalized spacial score (nSPS) is 8.57. The standard InChI is InChI=1S/C4H9BO2/c5-3-1-2-4(6)7/h1-3,5H2,(H,6,7). The quantitative estimate of drug-likeness (QED) is 0.503. The van der Waals surface area contributed by atoms with Gasteiger partial charge in [-0.25, -0.2) is 0 Å². The van der Waals surface area contributed by atoms with Gasteiger partial charge in [0.05, 0.1) is 0 Å². The Bertz CT molecular complexity index is 62.7. The van der Waals surface area contributed by atoms with Crippen LogP contribution in [0.3, 0.4) is 0 Å². The van der Waals surface area contributed by atoms with Gasteiger partial charge in [-0.15, -0.1) is 0 Å². The van der Waals surface area contributed by atoms with Crippen molar-refractivity contribution in [2.75, 3.05) is 0 Å². The molecule has 0 aliphatic rings. The third-order valence-corrected chi connectivity index (χ3v) is 0.744. The zero-order valence-corrected chi connectivity index (χ0v) is 4.48. The highest BCUT2D eigenvalue weighted by Crippen LogP contribution is 1.89. The zero-order chi connectivity index (χ0) is 5.70. The molecule has 0 unspecified atom stereocenters. The second kappa shape index (κ2) is 3.72. The summed E-state index contributed by atoms with van der Waals surface area (Å²) in [5, 5.41) is 8.04.